The number of halogens is 1. The molecule has 1 aliphatic carbocycles. The summed E-state index contributed by atoms with van der Waals surface area (Å²) in [6.07, 6.45) is 1.14. The SMILES string of the molecule is O=C1Cc2ccccc2C(c2cccc(Cl)c2)C1. The normalized spacial score (nSPS) is 18.5. The number of carbonyl (C=O) groups excluding carboxylic acids is 1. The molecule has 0 heterocycles. The van der Waals surface area contributed by atoms with Crippen LogP contribution < -0.4 is 0 Å². The van der Waals surface area contributed by atoms with Crippen LogP contribution in [0.25, 0.3) is 0 Å². The molecular weight excluding hydrogens is 244 g/mol. The highest BCUT2D eigenvalue weighted by molar-refractivity contribution is 6.30. The lowest BCUT2D eigenvalue weighted by atomic mass is 9.78. The van der Waals surface area contributed by atoms with Gasteiger partial charge in [0, 0.05) is 23.8 Å². The van der Waals surface area contributed by atoms with Gasteiger partial charge < -0.3 is 0 Å². The summed E-state index contributed by atoms with van der Waals surface area (Å²) in [5.41, 5.74) is 3.54. The van der Waals surface area contributed by atoms with E-state index in [2.05, 4.69) is 6.07 Å². The van der Waals surface area contributed by atoms with Crippen LogP contribution in [0, 0.1) is 0 Å². The zero-order chi connectivity index (χ0) is 12.5. The number of fused-ring (bicyclic) bond motifs is 1. The van der Waals surface area contributed by atoms with Crippen molar-refractivity contribution in [2.45, 2.75) is 18.8 Å². The Labute approximate surface area is 111 Å². The molecular formula is C16H13ClO. The van der Waals surface area contributed by atoms with Gasteiger partial charge >= 0.3 is 0 Å². The maximum absolute atomic E-state index is 11.9. The molecule has 2 heteroatoms. The molecule has 0 amide bonds. The Morgan fingerprint density at radius 2 is 1.89 bits per heavy atom. The van der Waals surface area contributed by atoms with Crippen molar-refractivity contribution in [1.29, 1.82) is 0 Å². The van der Waals surface area contributed by atoms with Crippen LogP contribution in [0.4, 0.5) is 0 Å². The molecule has 0 saturated carbocycles. The molecule has 3 rings (SSSR count). The van der Waals surface area contributed by atoms with Gasteiger partial charge in [-0.05, 0) is 28.8 Å². The Morgan fingerprint density at radius 1 is 1.06 bits per heavy atom. The third kappa shape index (κ3) is 2.06. The molecule has 1 atom stereocenters. The largest absolute Gasteiger partial charge is 0.299 e. The second-order valence-electron chi connectivity index (χ2n) is 4.73. The number of carbonyl (C=O) groups is 1. The predicted octanol–water partition coefficient (Wildman–Crippen LogP) is 3.99. The summed E-state index contributed by atoms with van der Waals surface area (Å²) in [5, 5.41) is 0.725. The maximum atomic E-state index is 11.9. The summed E-state index contributed by atoms with van der Waals surface area (Å²) in [5.74, 6) is 0.458. The van der Waals surface area contributed by atoms with Crippen LogP contribution in [0.5, 0.6) is 0 Å². The Bertz CT molecular complexity index is 604. The third-order valence-electron chi connectivity index (χ3n) is 3.50. The molecule has 1 unspecified atom stereocenters. The average Bonchev–Trinajstić information content (AvgIpc) is 2.37. The molecule has 0 N–H and O–H groups in total. The summed E-state index contributed by atoms with van der Waals surface area (Å²) in [4.78, 5) is 11.9. The molecule has 0 saturated heterocycles. The van der Waals surface area contributed by atoms with E-state index in [-0.39, 0.29) is 5.92 Å². The molecule has 0 aromatic heterocycles. The minimum absolute atomic E-state index is 0.154. The summed E-state index contributed by atoms with van der Waals surface area (Å²) < 4.78 is 0. The standard InChI is InChI=1S/C16H13ClO/c17-13-6-3-5-11(8-13)16-10-14(18)9-12-4-1-2-7-15(12)16/h1-8,16H,9-10H2. The van der Waals surface area contributed by atoms with E-state index in [1.54, 1.807) is 0 Å². The number of benzene rings is 2. The second-order valence-corrected chi connectivity index (χ2v) is 5.16. The molecule has 0 bridgehead atoms. The highest BCUT2D eigenvalue weighted by Gasteiger charge is 2.26. The maximum Gasteiger partial charge on any atom is 0.138 e. The predicted molar refractivity (Wildman–Crippen MR) is 73.1 cm³/mol. The summed E-state index contributed by atoms with van der Waals surface area (Å²) >= 11 is 6.04. The molecule has 2 aromatic rings. The van der Waals surface area contributed by atoms with Gasteiger partial charge in [-0.3, -0.25) is 4.79 Å². The van der Waals surface area contributed by atoms with E-state index in [1.807, 2.05) is 42.5 Å². The number of Topliss-reactive ketones (excluding diaryl/α,β-unsaturated/α-hetero) is 1. The van der Waals surface area contributed by atoms with Gasteiger partial charge in [0.05, 0.1) is 0 Å². The minimum Gasteiger partial charge on any atom is -0.299 e. The van der Waals surface area contributed by atoms with E-state index >= 15 is 0 Å². The van der Waals surface area contributed by atoms with E-state index < -0.39 is 0 Å². The first-order valence-electron chi connectivity index (χ1n) is 6.09. The number of hydrogen-bond acceptors (Lipinski definition) is 1. The Morgan fingerprint density at radius 3 is 2.72 bits per heavy atom. The van der Waals surface area contributed by atoms with Gasteiger partial charge in [0.25, 0.3) is 0 Å². The van der Waals surface area contributed by atoms with Crippen LogP contribution in [-0.2, 0) is 11.2 Å². The van der Waals surface area contributed by atoms with Gasteiger partial charge in [-0.25, -0.2) is 0 Å². The molecule has 0 radical (unpaired) electrons. The van der Waals surface area contributed by atoms with Crippen molar-refractivity contribution in [3.05, 3.63) is 70.2 Å². The monoisotopic (exact) mass is 256 g/mol. The lowest BCUT2D eigenvalue weighted by Crippen LogP contribution is -2.19. The fraction of sp³-hybridized carbons (Fsp3) is 0.188. The molecule has 1 nitrogen and oxygen atoms in total. The van der Waals surface area contributed by atoms with E-state index in [4.69, 9.17) is 11.6 Å². The molecule has 2 aromatic carbocycles. The van der Waals surface area contributed by atoms with E-state index in [9.17, 15) is 4.79 Å². The first-order chi connectivity index (χ1) is 8.74. The summed E-state index contributed by atoms with van der Waals surface area (Å²) in [7, 11) is 0. The van der Waals surface area contributed by atoms with Crippen LogP contribution >= 0.6 is 11.6 Å². The second kappa shape index (κ2) is 4.58. The molecule has 18 heavy (non-hydrogen) atoms. The van der Waals surface area contributed by atoms with E-state index in [1.165, 1.54) is 5.56 Å². The molecule has 0 aliphatic heterocycles. The molecule has 0 fully saturated rings. The van der Waals surface area contributed by atoms with Crippen molar-refractivity contribution in [3.8, 4) is 0 Å². The van der Waals surface area contributed by atoms with Crippen molar-refractivity contribution in [2.75, 3.05) is 0 Å². The first kappa shape index (κ1) is 11.5. The van der Waals surface area contributed by atoms with Gasteiger partial charge in [-0.1, -0.05) is 48.0 Å². The van der Waals surface area contributed by atoms with Gasteiger partial charge in [0.15, 0.2) is 0 Å². The van der Waals surface area contributed by atoms with Gasteiger partial charge in [0.1, 0.15) is 5.78 Å². The lowest BCUT2D eigenvalue weighted by molar-refractivity contribution is -0.119. The quantitative estimate of drug-likeness (QED) is 0.754. The fourth-order valence-corrected chi connectivity index (χ4v) is 2.88. The van der Waals surface area contributed by atoms with E-state index in [0.717, 1.165) is 16.1 Å². The number of hydrogen-bond donors (Lipinski definition) is 0. The van der Waals surface area contributed by atoms with Crippen molar-refractivity contribution >= 4 is 17.4 Å². The van der Waals surface area contributed by atoms with Crippen molar-refractivity contribution in [2.24, 2.45) is 0 Å². The smallest absolute Gasteiger partial charge is 0.138 e. The highest BCUT2D eigenvalue weighted by Crippen LogP contribution is 2.35. The van der Waals surface area contributed by atoms with Gasteiger partial charge in [-0.2, -0.15) is 0 Å². The number of rotatable bonds is 1. The lowest BCUT2D eigenvalue weighted by Gasteiger charge is -2.25. The summed E-state index contributed by atoms with van der Waals surface area (Å²) in [6, 6.07) is 16.0. The number of ketones is 1. The van der Waals surface area contributed by atoms with Crippen LogP contribution in [-0.4, -0.2) is 5.78 Å². The minimum atomic E-state index is 0.154. The van der Waals surface area contributed by atoms with Gasteiger partial charge in [-0.15, -0.1) is 0 Å². The topological polar surface area (TPSA) is 17.1 Å². The van der Waals surface area contributed by atoms with Crippen LogP contribution in [0.1, 0.15) is 29.0 Å². The molecule has 1 aliphatic rings. The van der Waals surface area contributed by atoms with Crippen LogP contribution in [0.2, 0.25) is 5.02 Å². The van der Waals surface area contributed by atoms with Crippen molar-refractivity contribution in [3.63, 3.8) is 0 Å². The van der Waals surface area contributed by atoms with Crippen molar-refractivity contribution in [1.82, 2.24) is 0 Å². The highest BCUT2D eigenvalue weighted by atomic mass is 35.5. The average molecular weight is 257 g/mol. The molecule has 0 spiro atoms. The third-order valence-corrected chi connectivity index (χ3v) is 3.74. The zero-order valence-electron chi connectivity index (χ0n) is 9.90. The first-order valence-corrected chi connectivity index (χ1v) is 6.47. The Kier molecular flexibility index (Phi) is 2.92. The Balaban J connectivity index is 2.10. The van der Waals surface area contributed by atoms with Crippen LogP contribution in [0.3, 0.4) is 0 Å². The fourth-order valence-electron chi connectivity index (χ4n) is 2.68. The van der Waals surface area contributed by atoms with E-state index in [0.29, 0.717) is 18.6 Å². The van der Waals surface area contributed by atoms with Crippen molar-refractivity contribution < 1.29 is 4.79 Å². The zero-order valence-corrected chi connectivity index (χ0v) is 10.7. The summed E-state index contributed by atoms with van der Waals surface area (Å²) in [6.45, 7) is 0. The Hall–Kier alpha value is -1.60. The molecule has 90 valence electrons. The van der Waals surface area contributed by atoms with Gasteiger partial charge in [0.2, 0.25) is 0 Å². The van der Waals surface area contributed by atoms with Crippen LogP contribution in [0.15, 0.2) is 48.5 Å².